The predicted octanol–water partition coefficient (Wildman–Crippen LogP) is 3.17. The number of aromatic hydroxyl groups is 1. The van der Waals surface area contributed by atoms with E-state index in [1.165, 1.54) is 25.1 Å². The molecule has 0 aliphatic heterocycles. The molecule has 0 saturated heterocycles. The number of carbonyl (C=O) groups is 1. The molecule has 0 fully saturated rings. The number of pyridine rings is 2. The van der Waals surface area contributed by atoms with E-state index in [0.29, 0.717) is 21.9 Å². The van der Waals surface area contributed by atoms with Crippen molar-refractivity contribution in [3.8, 4) is 28.1 Å². The first-order valence-corrected chi connectivity index (χ1v) is 10.2. The highest BCUT2D eigenvalue weighted by molar-refractivity contribution is 6.38. The Balaban J connectivity index is 1.74. The predicted molar refractivity (Wildman–Crippen MR) is 124 cm³/mol. The maximum atomic E-state index is 12.4. The lowest BCUT2D eigenvalue weighted by molar-refractivity contribution is 0.0600. The number of esters is 1. The Labute approximate surface area is 187 Å². The molecule has 32 heavy (non-hydrogen) atoms. The van der Waals surface area contributed by atoms with Crippen molar-refractivity contribution in [2.75, 3.05) is 13.7 Å². The van der Waals surface area contributed by atoms with Gasteiger partial charge in [-0.1, -0.05) is 54.0 Å². The third kappa shape index (κ3) is 4.07. The highest BCUT2D eigenvalue weighted by atomic mass is 16.5. The maximum absolute atomic E-state index is 12.4. The first-order chi connectivity index (χ1) is 15.5. The average molecular weight is 424 g/mol. The van der Waals surface area contributed by atoms with E-state index in [1.807, 2.05) is 36.4 Å². The highest BCUT2D eigenvalue weighted by Gasteiger charge is 2.22. The van der Waals surface area contributed by atoms with Crippen LogP contribution in [-0.4, -0.2) is 47.7 Å². The molecular formula is C25H21BN2O4. The van der Waals surface area contributed by atoms with Gasteiger partial charge in [0.2, 0.25) is 0 Å². The minimum absolute atomic E-state index is 0.0187. The second-order valence-electron chi connectivity index (χ2n) is 7.40. The largest absolute Gasteiger partial charge is 0.505 e. The molecule has 2 N–H and O–H groups in total. The van der Waals surface area contributed by atoms with Crippen LogP contribution in [0.25, 0.3) is 33.3 Å². The van der Waals surface area contributed by atoms with Crippen molar-refractivity contribution in [3.05, 3.63) is 72.1 Å². The van der Waals surface area contributed by atoms with E-state index in [1.54, 1.807) is 0 Å². The molecule has 2 radical (unpaired) electrons. The number of hydrogen-bond donors (Lipinski definition) is 2. The van der Waals surface area contributed by atoms with Crippen LogP contribution in [0.2, 0.25) is 0 Å². The number of aryl methyl sites for hydroxylation is 1. The summed E-state index contributed by atoms with van der Waals surface area (Å²) in [4.78, 5) is 20.9. The lowest BCUT2D eigenvalue weighted by Crippen LogP contribution is -2.12. The summed E-state index contributed by atoms with van der Waals surface area (Å²) in [7, 11) is 7.28. The van der Waals surface area contributed by atoms with Gasteiger partial charge in [-0.15, -0.1) is 0 Å². The van der Waals surface area contributed by atoms with Crippen molar-refractivity contribution in [1.29, 1.82) is 0 Å². The molecule has 0 saturated carbocycles. The lowest BCUT2D eigenvalue weighted by Gasteiger charge is -2.13. The second kappa shape index (κ2) is 9.20. The number of fused-ring (bicyclic) bond motifs is 1. The van der Waals surface area contributed by atoms with Crippen molar-refractivity contribution in [1.82, 2.24) is 9.97 Å². The second-order valence-corrected chi connectivity index (χ2v) is 7.40. The van der Waals surface area contributed by atoms with Crippen LogP contribution in [0.1, 0.15) is 22.3 Å². The van der Waals surface area contributed by atoms with E-state index < -0.39 is 5.97 Å². The molecule has 0 amide bonds. The van der Waals surface area contributed by atoms with Crippen molar-refractivity contribution in [3.63, 3.8) is 0 Å². The Hall–Kier alpha value is -3.71. The fourth-order valence-electron chi connectivity index (χ4n) is 3.67. The highest BCUT2D eigenvalue weighted by Crippen LogP contribution is 2.36. The van der Waals surface area contributed by atoms with Crippen LogP contribution < -0.4 is 5.46 Å². The first kappa shape index (κ1) is 21.5. The standard InChI is InChI=1S/C25H21BN2O4/c1-32-25(31)21-19-13-27-14-20(26)23(19)28-22(24(21)30)18-10-8-17(9-11-18)16-6-4-15(5-7-16)3-2-12-29/h4-11,13-14,29-30H,2-3,12H2,1H3. The zero-order valence-corrected chi connectivity index (χ0v) is 17.6. The molecule has 158 valence electrons. The molecule has 0 aliphatic rings. The summed E-state index contributed by atoms with van der Waals surface area (Å²) in [6, 6.07) is 15.7. The molecule has 0 bridgehead atoms. The number of carbonyl (C=O) groups excluding carboxylic acids is 1. The molecule has 0 atom stereocenters. The van der Waals surface area contributed by atoms with Gasteiger partial charge in [0.25, 0.3) is 0 Å². The number of rotatable bonds is 6. The van der Waals surface area contributed by atoms with Gasteiger partial charge in [-0.2, -0.15) is 0 Å². The number of aliphatic hydroxyl groups excluding tert-OH is 1. The van der Waals surface area contributed by atoms with E-state index >= 15 is 0 Å². The molecule has 2 aromatic heterocycles. The minimum atomic E-state index is -0.693. The third-order valence-electron chi connectivity index (χ3n) is 5.36. The summed E-state index contributed by atoms with van der Waals surface area (Å²) >= 11 is 0. The summed E-state index contributed by atoms with van der Waals surface area (Å²) in [5, 5.41) is 20.2. The quantitative estimate of drug-likeness (QED) is 0.365. The topological polar surface area (TPSA) is 92.5 Å². The Morgan fingerprint density at radius 3 is 2.25 bits per heavy atom. The molecule has 4 aromatic rings. The van der Waals surface area contributed by atoms with Crippen LogP contribution in [0.4, 0.5) is 0 Å². The van der Waals surface area contributed by atoms with Crippen LogP contribution in [0, 0.1) is 0 Å². The van der Waals surface area contributed by atoms with Gasteiger partial charge in [0.15, 0.2) is 5.75 Å². The maximum Gasteiger partial charge on any atom is 0.342 e. The van der Waals surface area contributed by atoms with Crippen molar-refractivity contribution in [2.24, 2.45) is 0 Å². The number of aromatic nitrogens is 2. The number of hydrogen-bond acceptors (Lipinski definition) is 6. The van der Waals surface area contributed by atoms with E-state index in [-0.39, 0.29) is 23.6 Å². The van der Waals surface area contributed by atoms with Crippen LogP contribution >= 0.6 is 0 Å². The van der Waals surface area contributed by atoms with Gasteiger partial charge in [-0.3, -0.25) is 4.98 Å². The first-order valence-electron chi connectivity index (χ1n) is 10.2. The molecular weight excluding hydrogens is 403 g/mol. The van der Waals surface area contributed by atoms with Gasteiger partial charge >= 0.3 is 5.97 Å². The fraction of sp³-hybridized carbons (Fsp3) is 0.160. The number of aliphatic hydroxyl groups is 1. The monoisotopic (exact) mass is 424 g/mol. The van der Waals surface area contributed by atoms with E-state index in [4.69, 9.17) is 17.7 Å². The average Bonchev–Trinajstić information content (AvgIpc) is 2.83. The minimum Gasteiger partial charge on any atom is -0.505 e. The normalized spacial score (nSPS) is 10.9. The molecule has 6 nitrogen and oxygen atoms in total. The number of nitrogens with zero attached hydrogens (tertiary/aromatic N) is 2. The lowest BCUT2D eigenvalue weighted by atomic mass is 9.93. The van der Waals surface area contributed by atoms with E-state index in [0.717, 1.165) is 24.0 Å². The summed E-state index contributed by atoms with van der Waals surface area (Å²) in [6.45, 7) is 0.179. The van der Waals surface area contributed by atoms with Crippen LogP contribution in [0.15, 0.2) is 60.9 Å². The Morgan fingerprint density at radius 1 is 1.00 bits per heavy atom. The zero-order chi connectivity index (χ0) is 22.7. The smallest absolute Gasteiger partial charge is 0.342 e. The molecule has 2 aromatic carbocycles. The van der Waals surface area contributed by atoms with Crippen LogP contribution in [-0.2, 0) is 11.2 Å². The van der Waals surface area contributed by atoms with Crippen LogP contribution in [0.5, 0.6) is 5.75 Å². The summed E-state index contributed by atoms with van der Waals surface area (Å²) < 4.78 is 4.86. The number of methoxy groups -OCH3 is 1. The third-order valence-corrected chi connectivity index (χ3v) is 5.36. The van der Waals surface area contributed by atoms with E-state index in [2.05, 4.69) is 22.1 Å². The van der Waals surface area contributed by atoms with Crippen molar-refractivity contribution in [2.45, 2.75) is 12.8 Å². The van der Waals surface area contributed by atoms with Crippen LogP contribution in [0.3, 0.4) is 0 Å². The Bertz CT molecular complexity index is 1270. The molecule has 7 heteroatoms. The summed E-state index contributed by atoms with van der Waals surface area (Å²) in [5.41, 5.74) is 4.74. The molecule has 0 aliphatic carbocycles. The summed E-state index contributed by atoms with van der Waals surface area (Å²) in [5.74, 6) is -0.973. The fourth-order valence-corrected chi connectivity index (χ4v) is 3.67. The van der Waals surface area contributed by atoms with Gasteiger partial charge in [0, 0.05) is 30.0 Å². The summed E-state index contributed by atoms with van der Waals surface area (Å²) in [6.07, 6.45) is 4.46. The van der Waals surface area contributed by atoms with Gasteiger partial charge in [-0.25, -0.2) is 9.78 Å². The molecule has 2 heterocycles. The van der Waals surface area contributed by atoms with Crippen molar-refractivity contribution >= 4 is 30.2 Å². The molecule has 0 unspecified atom stereocenters. The Morgan fingerprint density at radius 2 is 1.62 bits per heavy atom. The number of benzene rings is 2. The molecule has 0 spiro atoms. The Kier molecular flexibility index (Phi) is 6.19. The van der Waals surface area contributed by atoms with Gasteiger partial charge in [0.1, 0.15) is 19.1 Å². The van der Waals surface area contributed by atoms with Gasteiger partial charge < -0.3 is 14.9 Å². The van der Waals surface area contributed by atoms with E-state index in [9.17, 15) is 9.90 Å². The van der Waals surface area contributed by atoms with Gasteiger partial charge in [-0.05, 0) is 29.5 Å². The zero-order valence-electron chi connectivity index (χ0n) is 17.6. The number of ether oxygens (including phenoxy) is 1. The van der Waals surface area contributed by atoms with Gasteiger partial charge in [0.05, 0.1) is 12.6 Å². The molecule has 4 rings (SSSR count). The SMILES string of the molecule is [B]c1cncc2c(C(=O)OC)c(O)c(-c3ccc(-c4ccc(CCCO)cc4)cc3)nc12. The van der Waals surface area contributed by atoms with Crippen molar-refractivity contribution < 1.29 is 19.7 Å².